The van der Waals surface area contributed by atoms with Crippen molar-refractivity contribution in [1.29, 1.82) is 0 Å². The molecule has 0 aliphatic carbocycles. The fourth-order valence-corrected chi connectivity index (χ4v) is 3.95. The number of nitrogens with one attached hydrogen (secondary N) is 1. The fourth-order valence-electron chi connectivity index (χ4n) is 2.09. The van der Waals surface area contributed by atoms with Crippen LogP contribution < -0.4 is 11.4 Å². The Morgan fingerprint density at radius 1 is 1.14 bits per heavy atom. The number of halogens is 1. The van der Waals surface area contributed by atoms with E-state index in [0.29, 0.717) is 15.2 Å². The summed E-state index contributed by atoms with van der Waals surface area (Å²) in [7, 11) is -4.11. The van der Waals surface area contributed by atoms with Crippen molar-refractivity contribution in [3.8, 4) is 0 Å². The van der Waals surface area contributed by atoms with Gasteiger partial charge in [-0.1, -0.05) is 23.7 Å². The molecule has 3 rings (SSSR count). The summed E-state index contributed by atoms with van der Waals surface area (Å²) in [5.74, 6) is 0. The molecular weight excluding hydrogens is 314 g/mol. The molecule has 0 atom stereocenters. The molecule has 3 N–H and O–H groups in total. The Labute approximate surface area is 124 Å². The van der Waals surface area contributed by atoms with Crippen LogP contribution in [-0.4, -0.2) is 17.4 Å². The lowest BCUT2D eigenvalue weighted by molar-refractivity contribution is 0.587. The molecule has 8 heteroatoms. The predicted octanol–water partition coefficient (Wildman–Crippen LogP) is 1.80. The molecule has 3 aromatic rings. The maximum atomic E-state index is 12.7. The first-order valence-corrected chi connectivity index (χ1v) is 7.73. The van der Waals surface area contributed by atoms with Crippen molar-refractivity contribution in [2.24, 2.45) is 0 Å². The Kier molecular flexibility index (Phi) is 3.03. The van der Waals surface area contributed by atoms with Gasteiger partial charge in [0.05, 0.1) is 16.1 Å². The fraction of sp³-hybridized carbons (Fsp3) is 0. The standard InChI is InChI=1S/C13H10ClN3O3S/c14-9-3-1-2-4-12(9)21(19,20)17-11-7-8(15)5-6-10(11)16-13(17)18/h1-7H,15H2,(H,16,18). The molecule has 0 aliphatic rings. The number of fused-ring (bicyclic) bond motifs is 1. The highest BCUT2D eigenvalue weighted by Crippen LogP contribution is 2.25. The van der Waals surface area contributed by atoms with E-state index in [1.165, 1.54) is 24.3 Å². The number of aromatic nitrogens is 2. The third kappa shape index (κ3) is 2.10. The summed E-state index contributed by atoms with van der Waals surface area (Å²) in [6, 6.07) is 10.5. The summed E-state index contributed by atoms with van der Waals surface area (Å²) < 4.78 is 26.0. The second-order valence-electron chi connectivity index (χ2n) is 4.41. The highest BCUT2D eigenvalue weighted by Gasteiger charge is 2.24. The van der Waals surface area contributed by atoms with Crippen LogP contribution in [0.3, 0.4) is 0 Å². The largest absolute Gasteiger partial charge is 0.399 e. The van der Waals surface area contributed by atoms with Crippen molar-refractivity contribution >= 4 is 38.3 Å². The molecule has 0 bridgehead atoms. The summed E-state index contributed by atoms with van der Waals surface area (Å²) in [4.78, 5) is 14.4. The van der Waals surface area contributed by atoms with Crippen molar-refractivity contribution in [3.05, 3.63) is 58.0 Å². The summed E-state index contributed by atoms with van der Waals surface area (Å²) in [6.07, 6.45) is 0. The minimum atomic E-state index is -4.11. The third-order valence-corrected chi connectivity index (χ3v) is 5.22. The zero-order chi connectivity index (χ0) is 15.2. The molecule has 2 aromatic carbocycles. The SMILES string of the molecule is Nc1ccc2[nH]c(=O)n(S(=O)(=O)c3ccccc3Cl)c2c1. The van der Waals surface area contributed by atoms with E-state index in [-0.39, 0.29) is 15.4 Å². The second kappa shape index (κ2) is 4.64. The lowest BCUT2D eigenvalue weighted by Gasteiger charge is -2.07. The maximum Gasteiger partial charge on any atom is 0.340 e. The second-order valence-corrected chi connectivity index (χ2v) is 6.57. The van der Waals surface area contributed by atoms with E-state index in [1.54, 1.807) is 18.2 Å². The van der Waals surface area contributed by atoms with Gasteiger partial charge in [-0.15, -0.1) is 0 Å². The molecule has 0 amide bonds. The number of imidazole rings is 1. The molecule has 21 heavy (non-hydrogen) atoms. The highest BCUT2D eigenvalue weighted by molar-refractivity contribution is 7.90. The highest BCUT2D eigenvalue weighted by atomic mass is 35.5. The van der Waals surface area contributed by atoms with Crippen LogP contribution in [0.4, 0.5) is 5.69 Å². The van der Waals surface area contributed by atoms with Gasteiger partial charge in [-0.05, 0) is 30.3 Å². The number of anilines is 1. The number of hydrogen-bond donors (Lipinski definition) is 2. The predicted molar refractivity (Wildman–Crippen MR) is 81.0 cm³/mol. The van der Waals surface area contributed by atoms with Crippen LogP contribution in [-0.2, 0) is 10.0 Å². The molecule has 0 radical (unpaired) electrons. The van der Waals surface area contributed by atoms with Crippen LogP contribution in [0, 0.1) is 0 Å². The van der Waals surface area contributed by atoms with Crippen molar-refractivity contribution in [3.63, 3.8) is 0 Å². The Morgan fingerprint density at radius 3 is 2.57 bits per heavy atom. The van der Waals surface area contributed by atoms with Gasteiger partial charge < -0.3 is 10.7 Å². The van der Waals surface area contributed by atoms with E-state index in [0.717, 1.165) is 0 Å². The van der Waals surface area contributed by atoms with Gasteiger partial charge in [0, 0.05) is 5.69 Å². The van der Waals surface area contributed by atoms with Gasteiger partial charge >= 0.3 is 5.69 Å². The molecule has 6 nitrogen and oxygen atoms in total. The number of nitrogen functional groups attached to an aromatic ring is 1. The maximum absolute atomic E-state index is 12.7. The smallest absolute Gasteiger partial charge is 0.340 e. The molecule has 0 unspecified atom stereocenters. The molecule has 0 saturated carbocycles. The number of nitrogens with two attached hydrogens (primary N) is 1. The zero-order valence-electron chi connectivity index (χ0n) is 10.6. The average Bonchev–Trinajstić information content (AvgIpc) is 2.74. The van der Waals surface area contributed by atoms with Gasteiger partial charge in [0.2, 0.25) is 0 Å². The normalized spacial score (nSPS) is 11.9. The molecule has 0 aliphatic heterocycles. The van der Waals surface area contributed by atoms with Gasteiger partial charge in [0.15, 0.2) is 0 Å². The summed E-state index contributed by atoms with van der Waals surface area (Å²) in [5.41, 5.74) is 5.81. The van der Waals surface area contributed by atoms with Gasteiger partial charge in [-0.25, -0.2) is 13.2 Å². The zero-order valence-corrected chi connectivity index (χ0v) is 12.1. The number of H-pyrrole nitrogens is 1. The minimum Gasteiger partial charge on any atom is -0.399 e. The quantitative estimate of drug-likeness (QED) is 0.703. The third-order valence-electron chi connectivity index (χ3n) is 3.02. The minimum absolute atomic E-state index is 0.0441. The number of benzene rings is 2. The molecule has 1 heterocycles. The van der Waals surface area contributed by atoms with Crippen LogP contribution >= 0.6 is 11.6 Å². The number of nitrogens with zero attached hydrogens (tertiary/aromatic N) is 1. The summed E-state index contributed by atoms with van der Waals surface area (Å²) >= 11 is 5.93. The van der Waals surface area contributed by atoms with E-state index in [1.807, 2.05) is 0 Å². The molecular formula is C13H10ClN3O3S. The topological polar surface area (TPSA) is 97.9 Å². The number of hydrogen-bond acceptors (Lipinski definition) is 4. The number of aromatic amines is 1. The summed E-state index contributed by atoms with van der Waals surface area (Å²) in [5, 5.41) is 0.0441. The Bertz CT molecular complexity index is 1000. The first kappa shape index (κ1) is 13.7. The van der Waals surface area contributed by atoms with Crippen LogP contribution in [0.25, 0.3) is 11.0 Å². The molecule has 0 saturated heterocycles. The monoisotopic (exact) mass is 323 g/mol. The van der Waals surface area contributed by atoms with Crippen LogP contribution in [0.15, 0.2) is 52.2 Å². The van der Waals surface area contributed by atoms with E-state index < -0.39 is 15.7 Å². The van der Waals surface area contributed by atoms with Gasteiger partial charge in [0.25, 0.3) is 10.0 Å². The van der Waals surface area contributed by atoms with Gasteiger partial charge in [-0.2, -0.15) is 3.97 Å². The molecule has 0 fully saturated rings. The van der Waals surface area contributed by atoms with Crippen LogP contribution in [0.1, 0.15) is 0 Å². The van der Waals surface area contributed by atoms with Gasteiger partial charge in [0.1, 0.15) is 4.90 Å². The molecule has 1 aromatic heterocycles. The van der Waals surface area contributed by atoms with Crippen molar-refractivity contribution in [1.82, 2.24) is 8.96 Å². The molecule has 108 valence electrons. The van der Waals surface area contributed by atoms with E-state index in [4.69, 9.17) is 17.3 Å². The Hall–Kier alpha value is -2.25. The lowest BCUT2D eigenvalue weighted by atomic mass is 10.3. The van der Waals surface area contributed by atoms with E-state index in [9.17, 15) is 13.2 Å². The Morgan fingerprint density at radius 2 is 1.86 bits per heavy atom. The van der Waals surface area contributed by atoms with E-state index in [2.05, 4.69) is 4.98 Å². The van der Waals surface area contributed by atoms with Crippen LogP contribution in [0.5, 0.6) is 0 Å². The first-order valence-electron chi connectivity index (χ1n) is 5.91. The molecule has 0 spiro atoms. The van der Waals surface area contributed by atoms with Crippen molar-refractivity contribution < 1.29 is 8.42 Å². The lowest BCUT2D eigenvalue weighted by Crippen LogP contribution is -2.25. The van der Waals surface area contributed by atoms with Crippen LogP contribution in [0.2, 0.25) is 5.02 Å². The number of rotatable bonds is 2. The summed E-state index contributed by atoms with van der Waals surface area (Å²) in [6.45, 7) is 0. The van der Waals surface area contributed by atoms with Gasteiger partial charge in [-0.3, -0.25) is 0 Å². The average molecular weight is 324 g/mol. The van der Waals surface area contributed by atoms with E-state index >= 15 is 0 Å². The Balaban J connectivity index is 2.40. The van der Waals surface area contributed by atoms with Crippen molar-refractivity contribution in [2.75, 3.05) is 5.73 Å². The van der Waals surface area contributed by atoms with Crippen molar-refractivity contribution in [2.45, 2.75) is 4.90 Å². The first-order chi connectivity index (χ1) is 9.91.